The van der Waals surface area contributed by atoms with E-state index in [2.05, 4.69) is 0 Å². The minimum absolute atomic E-state index is 0.102. The molecule has 8 nitrogen and oxygen atoms in total. The lowest BCUT2D eigenvalue weighted by Gasteiger charge is -2.24. The summed E-state index contributed by atoms with van der Waals surface area (Å²) in [7, 11) is -3.17. The topological polar surface area (TPSA) is 94.5 Å². The Balaban J connectivity index is 2.46. The highest BCUT2D eigenvalue weighted by atomic mass is 31.2. The fourth-order valence-corrected chi connectivity index (χ4v) is 3.72. The van der Waals surface area contributed by atoms with Crippen molar-refractivity contribution in [3.63, 3.8) is 0 Å². The molecule has 1 amide bonds. The van der Waals surface area contributed by atoms with Gasteiger partial charge in [0.1, 0.15) is 11.7 Å². The molecule has 1 rings (SSSR count). The average Bonchev–Trinajstić information content (AvgIpc) is 2.79. The third-order valence-corrected chi connectivity index (χ3v) is 5.27. The van der Waals surface area contributed by atoms with Crippen molar-refractivity contribution in [2.75, 3.05) is 39.1 Å². The van der Waals surface area contributed by atoms with Gasteiger partial charge in [-0.05, 0) is 34.6 Å². The predicted molar refractivity (Wildman–Crippen MR) is 89.3 cm³/mol. The van der Waals surface area contributed by atoms with Crippen molar-refractivity contribution >= 4 is 13.7 Å². The minimum atomic E-state index is -3.17. The van der Waals surface area contributed by atoms with Gasteiger partial charge in [0, 0.05) is 0 Å². The van der Waals surface area contributed by atoms with Gasteiger partial charge in [0.05, 0.1) is 45.2 Å². The highest BCUT2D eigenvalue weighted by molar-refractivity contribution is 7.53. The standard InChI is InChI=1S/C15H30NO7P/c1-6-21-24(19,22-7-2)9-8-20-13-11-16(10-12(13)17)14(18)23-15(3,4)5/h12-13,17H,6-11H2,1-5H3/t12-,13-/m0/s1. The number of hydrogen-bond acceptors (Lipinski definition) is 7. The number of hydrogen-bond donors (Lipinski definition) is 1. The molecule has 0 aliphatic carbocycles. The van der Waals surface area contributed by atoms with Gasteiger partial charge in [-0.15, -0.1) is 0 Å². The molecule has 142 valence electrons. The Morgan fingerprint density at radius 1 is 1.21 bits per heavy atom. The molecule has 0 aromatic heterocycles. The van der Waals surface area contributed by atoms with Gasteiger partial charge in [-0.2, -0.15) is 0 Å². The van der Waals surface area contributed by atoms with Crippen LogP contribution < -0.4 is 0 Å². The van der Waals surface area contributed by atoms with Gasteiger partial charge in [0.2, 0.25) is 0 Å². The fourth-order valence-electron chi connectivity index (χ4n) is 2.27. The molecule has 0 unspecified atom stereocenters. The summed E-state index contributed by atoms with van der Waals surface area (Å²) in [6.07, 6.45) is -1.74. The number of ether oxygens (including phenoxy) is 2. The van der Waals surface area contributed by atoms with Crippen molar-refractivity contribution in [3.05, 3.63) is 0 Å². The van der Waals surface area contributed by atoms with E-state index in [9.17, 15) is 14.5 Å². The molecular weight excluding hydrogens is 337 g/mol. The lowest BCUT2D eigenvalue weighted by atomic mass is 10.2. The summed E-state index contributed by atoms with van der Waals surface area (Å²) >= 11 is 0. The van der Waals surface area contributed by atoms with Crippen molar-refractivity contribution in [1.82, 2.24) is 4.90 Å². The van der Waals surface area contributed by atoms with Crippen molar-refractivity contribution < 1.29 is 33.0 Å². The van der Waals surface area contributed by atoms with Crippen molar-refractivity contribution in [2.45, 2.75) is 52.4 Å². The van der Waals surface area contributed by atoms with Gasteiger partial charge in [0.25, 0.3) is 0 Å². The third-order valence-electron chi connectivity index (χ3n) is 3.24. The quantitative estimate of drug-likeness (QED) is 0.658. The van der Waals surface area contributed by atoms with Gasteiger partial charge in [-0.1, -0.05) is 0 Å². The normalized spacial score (nSPS) is 22.0. The second-order valence-electron chi connectivity index (χ2n) is 6.53. The molecule has 1 saturated heterocycles. The Morgan fingerprint density at radius 2 is 1.79 bits per heavy atom. The minimum Gasteiger partial charge on any atom is -0.444 e. The number of carbonyl (C=O) groups excluding carboxylic acids is 1. The van der Waals surface area contributed by atoms with Gasteiger partial charge in [-0.3, -0.25) is 4.57 Å². The van der Waals surface area contributed by atoms with E-state index in [0.717, 1.165) is 0 Å². The zero-order valence-corrected chi connectivity index (χ0v) is 16.1. The van der Waals surface area contributed by atoms with Crippen LogP contribution in [-0.2, 0) is 23.1 Å². The lowest BCUT2D eigenvalue weighted by Crippen LogP contribution is -2.36. The van der Waals surface area contributed by atoms with E-state index >= 15 is 0 Å². The highest BCUT2D eigenvalue weighted by Crippen LogP contribution is 2.47. The lowest BCUT2D eigenvalue weighted by molar-refractivity contribution is -0.00375. The predicted octanol–water partition coefficient (Wildman–Crippen LogP) is 2.25. The molecule has 0 aromatic carbocycles. The smallest absolute Gasteiger partial charge is 0.410 e. The molecule has 0 aromatic rings. The number of β-amino-alcohol motifs (C(OH)–C–C–N with tert-alkyl or cyclic N) is 1. The van der Waals surface area contributed by atoms with Crippen molar-refractivity contribution in [3.8, 4) is 0 Å². The molecule has 24 heavy (non-hydrogen) atoms. The molecule has 9 heteroatoms. The Labute approximate surface area is 143 Å². The molecule has 0 saturated carbocycles. The molecule has 1 aliphatic heterocycles. The summed E-state index contributed by atoms with van der Waals surface area (Å²) in [5.41, 5.74) is -0.595. The van der Waals surface area contributed by atoms with Crippen LogP contribution in [0.1, 0.15) is 34.6 Å². The first-order chi connectivity index (χ1) is 11.1. The molecule has 1 heterocycles. The number of aliphatic hydroxyl groups excluding tert-OH is 1. The maximum Gasteiger partial charge on any atom is 0.410 e. The van der Waals surface area contributed by atoms with Crippen LogP contribution in [-0.4, -0.2) is 73.0 Å². The second kappa shape index (κ2) is 9.15. The SMILES string of the molecule is CCOP(=O)(CCO[C@H]1CN(C(=O)OC(C)(C)C)C[C@@H]1O)OCC. The van der Waals surface area contributed by atoms with Crippen LogP contribution in [0.2, 0.25) is 0 Å². The van der Waals surface area contributed by atoms with Gasteiger partial charge in [0.15, 0.2) is 0 Å². The molecule has 1 fully saturated rings. The number of likely N-dealkylation sites (tertiary alicyclic amines) is 1. The maximum atomic E-state index is 12.3. The molecule has 0 spiro atoms. The third kappa shape index (κ3) is 7.07. The number of nitrogens with zero attached hydrogens (tertiary/aromatic N) is 1. The summed E-state index contributed by atoms with van der Waals surface area (Å²) in [4.78, 5) is 13.4. The highest BCUT2D eigenvalue weighted by Gasteiger charge is 2.37. The largest absolute Gasteiger partial charge is 0.444 e. The van der Waals surface area contributed by atoms with E-state index < -0.39 is 31.5 Å². The first-order valence-corrected chi connectivity index (χ1v) is 9.98. The van der Waals surface area contributed by atoms with Crippen molar-refractivity contribution in [2.24, 2.45) is 0 Å². The van der Waals surface area contributed by atoms with E-state index in [1.54, 1.807) is 34.6 Å². The number of rotatable bonds is 8. The zero-order valence-electron chi connectivity index (χ0n) is 15.2. The van der Waals surface area contributed by atoms with Crippen molar-refractivity contribution in [1.29, 1.82) is 0 Å². The van der Waals surface area contributed by atoms with Crippen LogP contribution in [0.5, 0.6) is 0 Å². The van der Waals surface area contributed by atoms with Gasteiger partial charge < -0.3 is 28.5 Å². The summed E-state index contributed by atoms with van der Waals surface area (Å²) < 4.78 is 33.5. The van der Waals surface area contributed by atoms with E-state index in [1.807, 2.05) is 0 Å². The Hall–Kier alpha value is -0.660. The Morgan fingerprint density at radius 3 is 2.29 bits per heavy atom. The molecule has 0 bridgehead atoms. The number of amides is 1. The summed E-state index contributed by atoms with van der Waals surface area (Å²) in [5, 5.41) is 10.0. The second-order valence-corrected chi connectivity index (χ2v) is 8.72. The first kappa shape index (κ1) is 21.4. The van der Waals surface area contributed by atoms with Crippen LogP contribution in [0.15, 0.2) is 0 Å². The van der Waals surface area contributed by atoms with Gasteiger partial charge >= 0.3 is 13.7 Å². The van der Waals surface area contributed by atoms with Crippen LogP contribution in [0.25, 0.3) is 0 Å². The fraction of sp³-hybridized carbons (Fsp3) is 0.933. The monoisotopic (exact) mass is 367 g/mol. The van der Waals surface area contributed by atoms with Gasteiger partial charge in [-0.25, -0.2) is 4.79 Å². The van der Waals surface area contributed by atoms with Crippen LogP contribution >= 0.6 is 7.60 Å². The molecule has 2 atom stereocenters. The molecule has 1 aliphatic rings. The van der Waals surface area contributed by atoms with Crippen LogP contribution in [0.3, 0.4) is 0 Å². The maximum absolute atomic E-state index is 12.3. The van der Waals surface area contributed by atoms with E-state index in [1.165, 1.54) is 4.90 Å². The van der Waals surface area contributed by atoms with E-state index in [0.29, 0.717) is 0 Å². The molecule has 1 N–H and O–H groups in total. The Bertz CT molecular complexity index is 442. The first-order valence-electron chi connectivity index (χ1n) is 8.26. The Kier molecular flexibility index (Phi) is 8.15. The average molecular weight is 367 g/mol. The molecule has 0 radical (unpaired) electrons. The summed E-state index contributed by atoms with van der Waals surface area (Å²) in [5.74, 6) is 0. The van der Waals surface area contributed by atoms with E-state index in [4.69, 9.17) is 18.5 Å². The zero-order chi connectivity index (χ0) is 18.4. The number of carbonyl (C=O) groups is 1. The van der Waals surface area contributed by atoms with E-state index in [-0.39, 0.29) is 39.1 Å². The summed E-state index contributed by atoms with van der Waals surface area (Å²) in [6.45, 7) is 9.89. The summed E-state index contributed by atoms with van der Waals surface area (Å²) in [6, 6.07) is 0. The van der Waals surface area contributed by atoms with Crippen LogP contribution in [0, 0.1) is 0 Å². The van der Waals surface area contributed by atoms with Crippen LogP contribution in [0.4, 0.5) is 4.79 Å². The number of aliphatic hydroxyl groups is 1. The molecular formula is C15H30NO7P.